The molecular weight excluding hydrogens is 266 g/mol. The molecule has 0 amide bonds. The van der Waals surface area contributed by atoms with E-state index in [2.05, 4.69) is 0 Å². The predicted molar refractivity (Wildman–Crippen MR) is 67.9 cm³/mol. The summed E-state index contributed by atoms with van der Waals surface area (Å²) in [6.45, 7) is 1.40. The molecule has 0 aromatic heterocycles. The van der Waals surface area contributed by atoms with Crippen LogP contribution in [-0.2, 0) is 0 Å². The third-order valence-electron chi connectivity index (χ3n) is 2.90. The number of rotatable bonds is 3. The highest BCUT2D eigenvalue weighted by Crippen LogP contribution is 2.20. The van der Waals surface area contributed by atoms with Crippen molar-refractivity contribution in [2.75, 3.05) is 0 Å². The number of carbonyl (C=O) groups is 2. The summed E-state index contributed by atoms with van der Waals surface area (Å²) in [7, 11) is 0. The van der Waals surface area contributed by atoms with Crippen molar-refractivity contribution in [2.45, 2.75) is 6.92 Å². The molecule has 3 nitrogen and oxygen atoms in total. The Morgan fingerprint density at radius 3 is 2.15 bits per heavy atom. The third kappa shape index (κ3) is 2.42. The normalized spacial score (nSPS) is 10.3. The van der Waals surface area contributed by atoms with Crippen LogP contribution in [0.1, 0.15) is 31.8 Å². The molecule has 102 valence electrons. The first kappa shape index (κ1) is 13.9. The van der Waals surface area contributed by atoms with Gasteiger partial charge in [-0.1, -0.05) is 18.2 Å². The molecule has 0 radical (unpaired) electrons. The monoisotopic (exact) mass is 276 g/mol. The van der Waals surface area contributed by atoms with E-state index in [-0.39, 0.29) is 22.3 Å². The maximum atomic E-state index is 13.7. The molecule has 2 aromatic carbocycles. The van der Waals surface area contributed by atoms with Crippen LogP contribution < -0.4 is 0 Å². The second-order valence-electron chi connectivity index (χ2n) is 4.26. The fourth-order valence-corrected chi connectivity index (χ4v) is 1.84. The summed E-state index contributed by atoms with van der Waals surface area (Å²) in [5.41, 5.74) is -0.594. The SMILES string of the molecule is Cc1cc(C(=O)c2ccccc2C(=O)O)c(F)cc1F. The fourth-order valence-electron chi connectivity index (χ4n) is 1.84. The third-order valence-corrected chi connectivity index (χ3v) is 2.90. The number of carbonyl (C=O) groups excluding carboxylic acids is 1. The van der Waals surface area contributed by atoms with Crippen molar-refractivity contribution in [3.8, 4) is 0 Å². The van der Waals surface area contributed by atoms with E-state index in [1.807, 2.05) is 0 Å². The lowest BCUT2D eigenvalue weighted by Crippen LogP contribution is -2.11. The maximum Gasteiger partial charge on any atom is 0.336 e. The number of ketones is 1. The van der Waals surface area contributed by atoms with Gasteiger partial charge in [0.15, 0.2) is 5.78 Å². The summed E-state index contributed by atoms with van der Waals surface area (Å²) >= 11 is 0. The molecule has 0 heterocycles. The topological polar surface area (TPSA) is 54.4 Å². The van der Waals surface area contributed by atoms with Crippen molar-refractivity contribution < 1.29 is 23.5 Å². The highest BCUT2D eigenvalue weighted by molar-refractivity contribution is 6.14. The van der Waals surface area contributed by atoms with E-state index in [4.69, 9.17) is 5.11 Å². The largest absolute Gasteiger partial charge is 0.478 e. The molecule has 0 atom stereocenters. The Morgan fingerprint density at radius 1 is 0.950 bits per heavy atom. The number of aromatic carboxylic acids is 1. The molecule has 0 bridgehead atoms. The molecule has 0 aliphatic heterocycles. The molecule has 20 heavy (non-hydrogen) atoms. The van der Waals surface area contributed by atoms with Gasteiger partial charge in [-0.05, 0) is 24.6 Å². The van der Waals surface area contributed by atoms with Gasteiger partial charge < -0.3 is 5.11 Å². The molecule has 0 unspecified atom stereocenters. The number of carboxylic acid groups (broad SMARTS) is 1. The van der Waals surface area contributed by atoms with Crippen LogP contribution in [0.4, 0.5) is 8.78 Å². The number of hydrogen-bond acceptors (Lipinski definition) is 2. The lowest BCUT2D eigenvalue weighted by Gasteiger charge is -2.07. The van der Waals surface area contributed by atoms with Crippen LogP contribution in [-0.4, -0.2) is 16.9 Å². The minimum absolute atomic E-state index is 0.113. The van der Waals surface area contributed by atoms with Gasteiger partial charge in [-0.3, -0.25) is 4.79 Å². The zero-order valence-electron chi connectivity index (χ0n) is 10.5. The first-order valence-corrected chi connectivity index (χ1v) is 5.74. The average Bonchev–Trinajstić information content (AvgIpc) is 2.42. The summed E-state index contributed by atoms with van der Waals surface area (Å²) in [5.74, 6) is -3.85. The number of aryl methyl sites for hydroxylation is 1. The van der Waals surface area contributed by atoms with Crippen molar-refractivity contribution in [1.82, 2.24) is 0 Å². The van der Waals surface area contributed by atoms with Gasteiger partial charge in [-0.2, -0.15) is 0 Å². The lowest BCUT2D eigenvalue weighted by molar-refractivity contribution is 0.0692. The van der Waals surface area contributed by atoms with Crippen LogP contribution >= 0.6 is 0 Å². The minimum atomic E-state index is -1.28. The number of benzene rings is 2. The van der Waals surface area contributed by atoms with Gasteiger partial charge in [0.2, 0.25) is 0 Å². The van der Waals surface area contributed by atoms with E-state index >= 15 is 0 Å². The van der Waals surface area contributed by atoms with Gasteiger partial charge in [0, 0.05) is 11.6 Å². The zero-order valence-corrected chi connectivity index (χ0v) is 10.5. The van der Waals surface area contributed by atoms with Crippen molar-refractivity contribution >= 4 is 11.8 Å². The van der Waals surface area contributed by atoms with Crippen LogP contribution in [0.5, 0.6) is 0 Å². The smallest absolute Gasteiger partial charge is 0.336 e. The van der Waals surface area contributed by atoms with Crippen LogP contribution in [0.25, 0.3) is 0 Å². The Bertz CT molecular complexity index is 708. The number of hydrogen-bond donors (Lipinski definition) is 1. The van der Waals surface area contributed by atoms with E-state index in [0.717, 1.165) is 6.07 Å². The molecule has 1 N–H and O–H groups in total. The summed E-state index contributed by atoms with van der Waals surface area (Å²) in [6, 6.07) is 7.19. The molecule has 2 aromatic rings. The number of halogens is 2. The summed E-state index contributed by atoms with van der Waals surface area (Å²) < 4.78 is 26.9. The Kier molecular flexibility index (Phi) is 3.61. The van der Waals surface area contributed by atoms with Gasteiger partial charge >= 0.3 is 5.97 Å². The van der Waals surface area contributed by atoms with Gasteiger partial charge in [0.1, 0.15) is 11.6 Å². The molecule has 5 heteroatoms. The Morgan fingerprint density at radius 2 is 1.55 bits per heavy atom. The van der Waals surface area contributed by atoms with Crippen molar-refractivity contribution in [1.29, 1.82) is 0 Å². The Labute approximate surface area is 113 Å². The Balaban J connectivity index is 2.58. The quantitative estimate of drug-likeness (QED) is 0.876. The van der Waals surface area contributed by atoms with Gasteiger partial charge in [-0.25, -0.2) is 13.6 Å². The number of carboxylic acids is 1. The zero-order chi connectivity index (χ0) is 14.9. The molecule has 0 saturated carbocycles. The maximum absolute atomic E-state index is 13.7. The molecule has 0 spiro atoms. The van der Waals surface area contributed by atoms with Crippen molar-refractivity contribution in [2.24, 2.45) is 0 Å². The van der Waals surface area contributed by atoms with Crippen molar-refractivity contribution in [3.63, 3.8) is 0 Å². The fraction of sp³-hybridized carbons (Fsp3) is 0.0667. The second kappa shape index (κ2) is 5.21. The predicted octanol–water partition coefficient (Wildman–Crippen LogP) is 3.20. The van der Waals surface area contributed by atoms with E-state index in [1.54, 1.807) is 0 Å². The van der Waals surface area contributed by atoms with E-state index in [1.165, 1.54) is 31.2 Å². The molecule has 0 fully saturated rings. The van der Waals surface area contributed by atoms with Gasteiger partial charge in [-0.15, -0.1) is 0 Å². The molecule has 0 saturated heterocycles. The highest BCUT2D eigenvalue weighted by atomic mass is 19.1. The minimum Gasteiger partial charge on any atom is -0.478 e. The lowest BCUT2D eigenvalue weighted by atomic mass is 9.97. The van der Waals surface area contributed by atoms with Gasteiger partial charge in [0.05, 0.1) is 11.1 Å². The standard InChI is InChI=1S/C15H10F2O3/c1-8-6-11(13(17)7-12(8)16)14(18)9-4-2-3-5-10(9)15(19)20/h2-7H,1H3,(H,19,20). The van der Waals surface area contributed by atoms with Crippen molar-refractivity contribution in [3.05, 3.63) is 70.3 Å². The van der Waals surface area contributed by atoms with Crippen LogP contribution in [0.2, 0.25) is 0 Å². The average molecular weight is 276 g/mol. The summed E-state index contributed by atoms with van der Waals surface area (Å²) in [6.07, 6.45) is 0. The molecular formula is C15H10F2O3. The summed E-state index contributed by atoms with van der Waals surface area (Å²) in [5, 5.41) is 9.02. The van der Waals surface area contributed by atoms with Crippen LogP contribution in [0.3, 0.4) is 0 Å². The van der Waals surface area contributed by atoms with Crippen LogP contribution in [0, 0.1) is 18.6 Å². The first-order valence-electron chi connectivity index (χ1n) is 5.74. The highest BCUT2D eigenvalue weighted by Gasteiger charge is 2.21. The first-order chi connectivity index (χ1) is 9.41. The van der Waals surface area contributed by atoms with Gasteiger partial charge in [0.25, 0.3) is 0 Å². The second-order valence-corrected chi connectivity index (χ2v) is 4.26. The van der Waals surface area contributed by atoms with E-state index in [9.17, 15) is 18.4 Å². The molecule has 2 rings (SSSR count). The molecule has 0 aliphatic carbocycles. The van der Waals surface area contributed by atoms with E-state index in [0.29, 0.717) is 6.07 Å². The Hall–Kier alpha value is -2.56. The van der Waals surface area contributed by atoms with Crippen LogP contribution in [0.15, 0.2) is 36.4 Å². The summed E-state index contributed by atoms with van der Waals surface area (Å²) in [4.78, 5) is 23.3. The van der Waals surface area contributed by atoms with E-state index < -0.39 is 23.4 Å². The molecule has 0 aliphatic rings.